The zero-order valence-corrected chi connectivity index (χ0v) is 21.7. The van der Waals surface area contributed by atoms with E-state index < -0.39 is 28.5 Å². The van der Waals surface area contributed by atoms with Crippen molar-refractivity contribution < 1.29 is 18.0 Å². The minimum absolute atomic E-state index is 0.0555. The lowest BCUT2D eigenvalue weighted by atomic mass is 10.1. The molecular weight excluding hydrogens is 485 g/mol. The summed E-state index contributed by atoms with van der Waals surface area (Å²) in [5, 5.41) is 3.39. The van der Waals surface area contributed by atoms with Crippen LogP contribution in [0, 0.1) is 13.8 Å². The highest BCUT2D eigenvalue weighted by Crippen LogP contribution is 2.28. The van der Waals surface area contributed by atoms with Crippen molar-refractivity contribution in [1.82, 2.24) is 10.2 Å². The molecule has 2 amide bonds. The standard InChI is InChI=1S/C23H29Cl2N3O4S/c1-6-26-23(30)17(4)27(13-18-19(24)8-7-9-20(18)25)22(29)14-28(33(5,31)32)21-12-15(2)10-11-16(21)3/h7-12,17H,6,13-14H2,1-5H3,(H,26,30)/t17-/m1/s1. The van der Waals surface area contributed by atoms with E-state index in [-0.39, 0.29) is 12.5 Å². The Morgan fingerprint density at radius 1 is 1.09 bits per heavy atom. The van der Waals surface area contributed by atoms with Gasteiger partial charge in [0.2, 0.25) is 21.8 Å². The van der Waals surface area contributed by atoms with Gasteiger partial charge in [-0.25, -0.2) is 8.42 Å². The second kappa shape index (κ2) is 11.2. The Balaban J connectivity index is 2.49. The van der Waals surface area contributed by atoms with Crippen molar-refractivity contribution in [2.45, 2.75) is 40.3 Å². The van der Waals surface area contributed by atoms with Crippen molar-refractivity contribution >= 4 is 50.7 Å². The average molecular weight is 514 g/mol. The molecule has 180 valence electrons. The molecule has 33 heavy (non-hydrogen) atoms. The van der Waals surface area contributed by atoms with Crippen LogP contribution in [-0.2, 0) is 26.2 Å². The maximum atomic E-state index is 13.5. The van der Waals surface area contributed by atoms with Gasteiger partial charge >= 0.3 is 0 Å². The van der Waals surface area contributed by atoms with E-state index >= 15 is 0 Å². The molecule has 0 spiro atoms. The maximum Gasteiger partial charge on any atom is 0.244 e. The minimum atomic E-state index is -3.80. The summed E-state index contributed by atoms with van der Waals surface area (Å²) in [4.78, 5) is 27.4. The lowest BCUT2D eigenvalue weighted by Gasteiger charge is -2.32. The van der Waals surface area contributed by atoms with Gasteiger partial charge in [-0.1, -0.05) is 41.4 Å². The highest BCUT2D eigenvalue weighted by molar-refractivity contribution is 7.92. The fraction of sp³-hybridized carbons (Fsp3) is 0.391. The van der Waals surface area contributed by atoms with Crippen molar-refractivity contribution in [2.75, 3.05) is 23.7 Å². The first-order chi connectivity index (χ1) is 15.4. The lowest BCUT2D eigenvalue weighted by Crippen LogP contribution is -2.51. The predicted octanol–water partition coefficient (Wildman–Crippen LogP) is 3.93. The molecule has 0 saturated carbocycles. The number of halogens is 2. The van der Waals surface area contributed by atoms with Gasteiger partial charge in [0, 0.05) is 28.7 Å². The molecule has 1 atom stereocenters. The Morgan fingerprint density at radius 3 is 2.24 bits per heavy atom. The molecule has 0 heterocycles. The SMILES string of the molecule is CCNC(=O)[C@@H](C)N(Cc1c(Cl)cccc1Cl)C(=O)CN(c1cc(C)ccc1C)S(C)(=O)=O. The molecule has 0 aliphatic heterocycles. The topological polar surface area (TPSA) is 86.8 Å². The van der Waals surface area contributed by atoms with Crippen LogP contribution < -0.4 is 9.62 Å². The van der Waals surface area contributed by atoms with E-state index in [4.69, 9.17) is 23.2 Å². The largest absolute Gasteiger partial charge is 0.355 e. The molecule has 0 aliphatic rings. The number of sulfonamides is 1. The summed E-state index contributed by atoms with van der Waals surface area (Å²) in [6.45, 7) is 6.82. The van der Waals surface area contributed by atoms with E-state index in [1.807, 2.05) is 13.0 Å². The molecule has 10 heteroatoms. The minimum Gasteiger partial charge on any atom is -0.355 e. The smallest absolute Gasteiger partial charge is 0.244 e. The van der Waals surface area contributed by atoms with Crippen LogP contribution in [0.15, 0.2) is 36.4 Å². The molecular formula is C23H29Cl2N3O4S. The first-order valence-corrected chi connectivity index (χ1v) is 13.0. The number of anilines is 1. The first kappa shape index (κ1) is 27.0. The molecule has 0 aromatic heterocycles. The van der Waals surface area contributed by atoms with Gasteiger partial charge in [0.1, 0.15) is 12.6 Å². The van der Waals surface area contributed by atoms with E-state index in [1.165, 1.54) is 4.90 Å². The summed E-state index contributed by atoms with van der Waals surface area (Å²) in [7, 11) is -3.80. The summed E-state index contributed by atoms with van der Waals surface area (Å²) in [6, 6.07) is 9.45. The number of hydrogen-bond acceptors (Lipinski definition) is 4. The molecule has 2 rings (SSSR count). The van der Waals surface area contributed by atoms with Crippen LogP contribution in [0.3, 0.4) is 0 Å². The quantitative estimate of drug-likeness (QED) is 0.550. The molecule has 0 radical (unpaired) electrons. The average Bonchev–Trinajstić information content (AvgIpc) is 2.72. The number of carbonyl (C=O) groups is 2. The molecule has 0 saturated heterocycles. The van der Waals surface area contributed by atoms with Crippen LogP contribution in [-0.4, -0.2) is 50.5 Å². The predicted molar refractivity (Wildman–Crippen MR) is 133 cm³/mol. The van der Waals surface area contributed by atoms with Gasteiger partial charge in [0.15, 0.2) is 0 Å². The van der Waals surface area contributed by atoms with Crippen LogP contribution in [0.25, 0.3) is 0 Å². The van der Waals surface area contributed by atoms with Gasteiger partial charge in [0.05, 0.1) is 11.9 Å². The maximum absolute atomic E-state index is 13.5. The number of nitrogens with one attached hydrogen (secondary N) is 1. The summed E-state index contributed by atoms with van der Waals surface area (Å²) < 4.78 is 26.4. The zero-order chi connectivity index (χ0) is 24.9. The molecule has 0 bridgehead atoms. The van der Waals surface area contributed by atoms with E-state index in [1.54, 1.807) is 51.1 Å². The Labute approximate surface area is 205 Å². The van der Waals surface area contributed by atoms with Crippen LogP contribution in [0.1, 0.15) is 30.5 Å². The Morgan fingerprint density at radius 2 is 1.70 bits per heavy atom. The molecule has 0 fully saturated rings. The van der Waals surface area contributed by atoms with E-state index in [9.17, 15) is 18.0 Å². The van der Waals surface area contributed by atoms with Crippen LogP contribution in [0.4, 0.5) is 5.69 Å². The number of likely N-dealkylation sites (N-methyl/N-ethyl adjacent to an activating group) is 1. The van der Waals surface area contributed by atoms with Crippen LogP contribution in [0.5, 0.6) is 0 Å². The highest BCUT2D eigenvalue weighted by Gasteiger charge is 2.31. The summed E-state index contributed by atoms with van der Waals surface area (Å²) in [6.07, 6.45) is 1.05. The summed E-state index contributed by atoms with van der Waals surface area (Å²) in [5.74, 6) is -0.928. The monoisotopic (exact) mass is 513 g/mol. The molecule has 2 aromatic rings. The number of aryl methyl sites for hydroxylation is 2. The van der Waals surface area contributed by atoms with Gasteiger partial charge in [-0.15, -0.1) is 0 Å². The van der Waals surface area contributed by atoms with Crippen LogP contribution >= 0.6 is 23.2 Å². The van der Waals surface area contributed by atoms with E-state index in [2.05, 4.69) is 5.32 Å². The fourth-order valence-corrected chi connectivity index (χ4v) is 4.76. The van der Waals surface area contributed by atoms with Crippen molar-refractivity contribution in [3.63, 3.8) is 0 Å². The lowest BCUT2D eigenvalue weighted by molar-refractivity contribution is -0.139. The zero-order valence-electron chi connectivity index (χ0n) is 19.4. The van der Waals surface area contributed by atoms with Crippen molar-refractivity contribution in [3.05, 3.63) is 63.1 Å². The van der Waals surface area contributed by atoms with E-state index in [0.29, 0.717) is 33.4 Å². The van der Waals surface area contributed by atoms with E-state index in [0.717, 1.165) is 16.1 Å². The second-order valence-corrected chi connectivity index (χ2v) is 10.6. The van der Waals surface area contributed by atoms with Gasteiger partial charge in [-0.2, -0.15) is 0 Å². The molecule has 7 nitrogen and oxygen atoms in total. The Kier molecular flexibility index (Phi) is 9.17. The fourth-order valence-electron chi connectivity index (χ4n) is 3.34. The number of hydrogen-bond donors (Lipinski definition) is 1. The first-order valence-electron chi connectivity index (χ1n) is 10.4. The Bertz CT molecular complexity index is 1120. The molecule has 1 N–H and O–H groups in total. The van der Waals surface area contributed by atoms with Crippen molar-refractivity contribution in [1.29, 1.82) is 0 Å². The summed E-state index contributed by atoms with van der Waals surface area (Å²) >= 11 is 12.6. The third kappa shape index (κ3) is 6.85. The molecule has 0 unspecified atom stereocenters. The van der Waals surface area contributed by atoms with Crippen LogP contribution in [0.2, 0.25) is 10.0 Å². The number of rotatable bonds is 9. The highest BCUT2D eigenvalue weighted by atomic mass is 35.5. The Hall–Kier alpha value is -2.29. The number of carbonyl (C=O) groups excluding carboxylic acids is 2. The normalized spacial score (nSPS) is 12.2. The molecule has 2 aromatic carbocycles. The number of benzene rings is 2. The van der Waals surface area contributed by atoms with Gasteiger partial charge in [-0.05, 0) is 57.0 Å². The summed E-state index contributed by atoms with van der Waals surface area (Å²) in [5.41, 5.74) is 2.44. The number of amides is 2. The third-order valence-electron chi connectivity index (χ3n) is 5.22. The molecule has 0 aliphatic carbocycles. The third-order valence-corrected chi connectivity index (χ3v) is 7.06. The van der Waals surface area contributed by atoms with Gasteiger partial charge in [0.25, 0.3) is 0 Å². The van der Waals surface area contributed by atoms with Gasteiger partial charge in [-0.3, -0.25) is 13.9 Å². The second-order valence-electron chi connectivity index (χ2n) is 7.85. The number of nitrogens with zero attached hydrogens (tertiary/aromatic N) is 2. The van der Waals surface area contributed by atoms with Gasteiger partial charge < -0.3 is 10.2 Å². The van der Waals surface area contributed by atoms with Crippen molar-refractivity contribution in [3.8, 4) is 0 Å². The van der Waals surface area contributed by atoms with Crippen molar-refractivity contribution in [2.24, 2.45) is 0 Å².